The molecule has 3 aliphatic heterocycles. The number of fused-ring (bicyclic) bond motifs is 26. The summed E-state index contributed by atoms with van der Waals surface area (Å²) < 4.78 is 49.8. The number of aromatic hydroxyl groups is 1. The standard InChI is InChI=1S/C34H27BO3.C28H16O2.C12H24B2O4/c1-33(2)34(3,4)38-35(37-33)20-17-18-25-27(19-20)21-11-5-6-12-22(21)31-29(25)23-13-7-8-14-24(23)30-26-15-9-10-16-28(26)36-32(30)31;29-16-13-14-21-23(15-16)17-7-1-2-8-18(17)27-25(21)19-9-3-4-10-20(19)26-22-11-5-6-12-24(22)30-28(26)27;1-9(2)10(3,4)16-13(15-9)14-17-11(5,6)12(7,8)18-14/h5-19H,1-4H3;1-15,29H;1-8H3. The van der Waals surface area contributed by atoms with Crippen molar-refractivity contribution in [1.29, 1.82) is 0 Å². The molecule has 0 unspecified atom stereocenters. The van der Waals surface area contributed by atoms with Gasteiger partial charge in [0.15, 0.2) is 0 Å². The zero-order valence-corrected chi connectivity index (χ0v) is 50.8. The van der Waals surface area contributed by atoms with Crippen LogP contribution in [-0.4, -0.2) is 59.8 Å². The highest BCUT2D eigenvalue weighted by molar-refractivity contribution is 7.11. The molecule has 426 valence electrons. The van der Waals surface area contributed by atoms with Crippen LogP contribution in [0.15, 0.2) is 191 Å². The van der Waals surface area contributed by atoms with Crippen LogP contribution in [0.25, 0.3) is 130 Å². The molecular weight excluding hydrogens is 1070 g/mol. The number of rotatable bonds is 2. The summed E-state index contributed by atoms with van der Waals surface area (Å²) in [6.45, 7) is 24.6. The Bertz CT molecular complexity index is 5070. The van der Waals surface area contributed by atoms with Crippen LogP contribution in [0.3, 0.4) is 0 Å². The number of phenolic OH excluding ortho intramolecular Hbond substituents is 1. The van der Waals surface area contributed by atoms with Crippen molar-refractivity contribution in [3.63, 3.8) is 0 Å². The van der Waals surface area contributed by atoms with Crippen LogP contribution in [0.4, 0.5) is 0 Å². The summed E-state index contributed by atoms with van der Waals surface area (Å²) in [5, 5.41) is 33.6. The number of hydrogen-bond acceptors (Lipinski definition) is 9. The summed E-state index contributed by atoms with van der Waals surface area (Å²) in [7, 11) is -1.36. The predicted octanol–water partition coefficient (Wildman–Crippen LogP) is 18.7. The van der Waals surface area contributed by atoms with Gasteiger partial charge in [0.2, 0.25) is 0 Å². The lowest BCUT2D eigenvalue weighted by Crippen LogP contribution is -2.41. The summed E-state index contributed by atoms with van der Waals surface area (Å²) >= 11 is 0. The molecule has 12 heteroatoms. The van der Waals surface area contributed by atoms with Gasteiger partial charge in [-0.1, -0.05) is 158 Å². The first-order valence-corrected chi connectivity index (χ1v) is 30.0. The van der Waals surface area contributed by atoms with Crippen LogP contribution in [0.5, 0.6) is 5.75 Å². The average molecular weight is 1130 g/mol. The summed E-state index contributed by atoms with van der Waals surface area (Å²) in [5.74, 6) is 0.279. The van der Waals surface area contributed by atoms with Gasteiger partial charge in [0, 0.05) is 43.1 Å². The van der Waals surface area contributed by atoms with Crippen molar-refractivity contribution in [2.75, 3.05) is 0 Å². The molecule has 3 fully saturated rings. The maximum absolute atomic E-state index is 10.2. The molecule has 9 nitrogen and oxygen atoms in total. The van der Waals surface area contributed by atoms with Crippen molar-refractivity contribution in [2.45, 2.75) is 117 Å². The lowest BCUT2D eigenvalue weighted by molar-refractivity contribution is 0.00578. The van der Waals surface area contributed by atoms with Gasteiger partial charge in [-0.2, -0.15) is 0 Å². The molecule has 0 aliphatic carbocycles. The van der Waals surface area contributed by atoms with Gasteiger partial charge in [0.05, 0.1) is 33.6 Å². The van der Waals surface area contributed by atoms with Gasteiger partial charge in [0.1, 0.15) is 28.1 Å². The minimum Gasteiger partial charge on any atom is -0.508 e. The van der Waals surface area contributed by atoms with E-state index in [0.717, 1.165) is 70.9 Å². The molecule has 0 atom stereocenters. The van der Waals surface area contributed by atoms with Gasteiger partial charge >= 0.3 is 21.1 Å². The van der Waals surface area contributed by atoms with Gasteiger partial charge in [-0.05, 0) is 177 Å². The molecule has 86 heavy (non-hydrogen) atoms. The van der Waals surface area contributed by atoms with Crippen molar-refractivity contribution < 1.29 is 41.9 Å². The predicted molar refractivity (Wildman–Crippen MR) is 357 cm³/mol. The van der Waals surface area contributed by atoms with E-state index in [0.29, 0.717) is 0 Å². The van der Waals surface area contributed by atoms with E-state index >= 15 is 0 Å². The molecule has 12 aromatic carbocycles. The van der Waals surface area contributed by atoms with Gasteiger partial charge in [-0.25, -0.2) is 0 Å². The van der Waals surface area contributed by atoms with Crippen molar-refractivity contribution in [3.8, 4) is 5.75 Å². The molecule has 0 amide bonds. The number of furan rings is 2. The monoisotopic (exact) mass is 1130 g/mol. The number of hydrogen-bond donors (Lipinski definition) is 1. The van der Waals surface area contributed by atoms with Gasteiger partial charge < -0.3 is 41.9 Å². The summed E-state index contributed by atoms with van der Waals surface area (Å²) in [4.78, 5) is 0. The Hall–Kier alpha value is -7.93. The smallest absolute Gasteiger partial charge is 0.494 e. The fraction of sp³-hybridized carbons (Fsp3) is 0.243. The minimum atomic E-state index is -0.476. The second kappa shape index (κ2) is 19.0. The molecule has 5 heterocycles. The highest BCUT2D eigenvalue weighted by Gasteiger charge is 2.64. The zero-order valence-electron chi connectivity index (χ0n) is 50.8. The van der Waals surface area contributed by atoms with Gasteiger partial charge in [-0.3, -0.25) is 0 Å². The maximum atomic E-state index is 10.2. The Morgan fingerprint density at radius 3 is 0.953 bits per heavy atom. The van der Waals surface area contributed by atoms with Gasteiger partial charge in [-0.15, -0.1) is 0 Å². The van der Waals surface area contributed by atoms with E-state index in [1.807, 2.05) is 85.7 Å². The van der Waals surface area contributed by atoms with E-state index < -0.39 is 21.1 Å². The quantitative estimate of drug-likeness (QED) is 0.134. The third kappa shape index (κ3) is 8.17. The first-order chi connectivity index (χ1) is 41.0. The molecule has 0 radical (unpaired) electrons. The first-order valence-electron chi connectivity index (χ1n) is 30.0. The summed E-state index contributed by atoms with van der Waals surface area (Å²) in [6.07, 6.45) is 0. The number of phenols is 1. The Labute approximate surface area is 500 Å². The molecule has 2 aromatic heterocycles. The largest absolute Gasteiger partial charge is 0.508 e. The maximum Gasteiger partial charge on any atom is 0.494 e. The first kappa shape index (κ1) is 54.7. The fourth-order valence-corrected chi connectivity index (χ4v) is 13.4. The second-order valence-electron chi connectivity index (χ2n) is 26.7. The van der Waals surface area contributed by atoms with E-state index in [4.69, 9.17) is 36.8 Å². The lowest BCUT2D eigenvalue weighted by atomic mass is 9.49. The molecule has 3 aliphatic rings. The Morgan fingerprint density at radius 1 is 0.267 bits per heavy atom. The van der Waals surface area contributed by atoms with Crippen molar-refractivity contribution >= 4 is 157 Å². The average Bonchev–Trinajstić information content (AvgIpc) is 1.55. The topological polar surface area (TPSA) is 102 Å². The highest BCUT2D eigenvalue weighted by Crippen LogP contribution is 2.50. The molecule has 17 rings (SSSR count). The van der Waals surface area contributed by atoms with Crippen LogP contribution >= 0.6 is 0 Å². The minimum absolute atomic E-state index is 0.279. The normalized spacial score (nSPS) is 18.5. The molecule has 3 saturated heterocycles. The van der Waals surface area contributed by atoms with E-state index in [1.54, 1.807) is 6.07 Å². The third-order valence-corrected chi connectivity index (χ3v) is 19.9. The number of benzene rings is 12. The van der Waals surface area contributed by atoms with Crippen molar-refractivity contribution in [2.24, 2.45) is 0 Å². The third-order valence-electron chi connectivity index (χ3n) is 19.9. The zero-order chi connectivity index (χ0) is 59.6. The molecule has 0 bridgehead atoms. The van der Waals surface area contributed by atoms with E-state index in [2.05, 4.69) is 173 Å². The summed E-state index contributed by atoms with van der Waals surface area (Å²) in [6, 6.07) is 63.3. The molecule has 14 aromatic rings. The molecular formula is C74H67B3O9. The van der Waals surface area contributed by atoms with E-state index in [1.165, 1.54) is 64.6 Å². The SMILES string of the molecule is CC1(C)OB(B2OC(C)(C)C(C)(C)O2)OC1(C)C.CC1(C)OB(c2ccc3c(c2)c2ccccc2c2c4oc5ccccc5c4c4ccccc4c32)OC1(C)C.Oc1ccc2c(c1)c1ccccc1c1c3oc4ccccc4c3c3ccccc3c21. The molecule has 0 saturated carbocycles. The number of para-hydroxylation sites is 2. The Kier molecular flexibility index (Phi) is 12.1. The van der Waals surface area contributed by atoms with Crippen LogP contribution in [-0.2, 0) is 27.9 Å². The lowest BCUT2D eigenvalue weighted by Gasteiger charge is -2.32. The van der Waals surface area contributed by atoms with Crippen LogP contribution < -0.4 is 5.46 Å². The molecule has 1 N–H and O–H groups in total. The van der Waals surface area contributed by atoms with Crippen molar-refractivity contribution in [3.05, 3.63) is 182 Å². The fourth-order valence-electron chi connectivity index (χ4n) is 13.4. The van der Waals surface area contributed by atoms with Gasteiger partial charge in [0.25, 0.3) is 0 Å². The second-order valence-corrected chi connectivity index (χ2v) is 26.7. The van der Waals surface area contributed by atoms with E-state index in [9.17, 15) is 5.11 Å². The van der Waals surface area contributed by atoms with Crippen molar-refractivity contribution in [1.82, 2.24) is 0 Å². The van der Waals surface area contributed by atoms with Crippen LogP contribution in [0.1, 0.15) is 83.1 Å². The van der Waals surface area contributed by atoms with Crippen LogP contribution in [0, 0.1) is 0 Å². The summed E-state index contributed by atoms with van der Waals surface area (Å²) in [5.41, 5.74) is 2.52. The Balaban J connectivity index is 0.000000116. The van der Waals surface area contributed by atoms with E-state index in [-0.39, 0.29) is 39.4 Å². The Morgan fingerprint density at radius 2 is 0.558 bits per heavy atom. The van der Waals surface area contributed by atoms with Crippen LogP contribution in [0.2, 0.25) is 0 Å². The molecule has 0 spiro atoms. The highest BCUT2D eigenvalue weighted by atomic mass is 16.7.